The number of hydrogen-bond acceptors (Lipinski definition) is 5. The zero-order valence-corrected chi connectivity index (χ0v) is 17.1. The summed E-state index contributed by atoms with van der Waals surface area (Å²) in [6, 6.07) is 10.8. The average Bonchev–Trinajstić information content (AvgIpc) is 2.69. The lowest BCUT2D eigenvalue weighted by molar-refractivity contribution is 0.0992. The number of hydrogen-bond donors (Lipinski definition) is 3. The van der Waals surface area contributed by atoms with Gasteiger partial charge in [-0.25, -0.2) is 0 Å². The molecule has 2 aromatic carbocycles. The van der Waals surface area contributed by atoms with Gasteiger partial charge in [0.25, 0.3) is 5.91 Å². The van der Waals surface area contributed by atoms with E-state index in [1.165, 1.54) is 12.0 Å². The van der Waals surface area contributed by atoms with Crippen molar-refractivity contribution in [1.29, 1.82) is 0 Å². The second-order valence-electron chi connectivity index (χ2n) is 6.62. The van der Waals surface area contributed by atoms with Gasteiger partial charge in [0.2, 0.25) is 0 Å². The molecule has 0 saturated carbocycles. The fourth-order valence-electron chi connectivity index (χ4n) is 2.82. The molecule has 0 aliphatic rings. The van der Waals surface area contributed by atoms with E-state index in [1.54, 1.807) is 25.2 Å². The summed E-state index contributed by atoms with van der Waals surface area (Å²) in [6.07, 6.45) is 1.58. The summed E-state index contributed by atoms with van der Waals surface area (Å²) >= 11 is 0. The molecule has 0 aromatic heterocycles. The molecule has 0 saturated heterocycles. The second-order valence-corrected chi connectivity index (χ2v) is 6.62. The Bertz CT molecular complexity index is 879. The number of nitrogens with zero attached hydrogens (tertiary/aromatic N) is 2. The van der Waals surface area contributed by atoms with Crippen LogP contribution in [0.1, 0.15) is 28.8 Å². The molecule has 2 rings (SSSR count). The standard InChI is InChI=1S/C21H29N5O3/c1-14-9-10-16(18(13-14)29-12-5-4-11-25-21(23)24)26(2)20(27)15-7-6-8-17(28-3)19(15)22/h6-10,13H,4-5,11-12,22H2,1-3H3,(H4,23,24,25). The van der Waals surface area contributed by atoms with Crippen LogP contribution in [0.5, 0.6) is 11.5 Å². The summed E-state index contributed by atoms with van der Waals surface area (Å²) in [5.74, 6) is 0.932. The van der Waals surface area contributed by atoms with Gasteiger partial charge in [-0.3, -0.25) is 9.79 Å². The summed E-state index contributed by atoms with van der Waals surface area (Å²) in [5, 5.41) is 0. The van der Waals surface area contributed by atoms with Crippen LogP contribution in [0, 0.1) is 6.92 Å². The highest BCUT2D eigenvalue weighted by molar-refractivity contribution is 6.10. The van der Waals surface area contributed by atoms with Crippen molar-refractivity contribution in [1.82, 2.24) is 0 Å². The van der Waals surface area contributed by atoms with Crippen LogP contribution in [-0.2, 0) is 0 Å². The molecule has 8 heteroatoms. The number of aliphatic imine (C=N–C) groups is 1. The predicted octanol–water partition coefficient (Wildman–Crippen LogP) is 2.29. The predicted molar refractivity (Wildman–Crippen MR) is 117 cm³/mol. The van der Waals surface area contributed by atoms with Gasteiger partial charge >= 0.3 is 0 Å². The van der Waals surface area contributed by atoms with Crippen LogP contribution in [0.4, 0.5) is 11.4 Å². The molecule has 8 nitrogen and oxygen atoms in total. The Morgan fingerprint density at radius 3 is 2.59 bits per heavy atom. The number of amides is 1. The Hall–Kier alpha value is -3.42. The molecule has 156 valence electrons. The largest absolute Gasteiger partial charge is 0.495 e. The number of guanidine groups is 1. The molecular weight excluding hydrogens is 370 g/mol. The normalized spacial score (nSPS) is 10.3. The zero-order valence-electron chi connectivity index (χ0n) is 17.1. The van der Waals surface area contributed by atoms with Crippen molar-refractivity contribution in [2.75, 3.05) is 37.9 Å². The molecule has 0 fully saturated rings. The third-order valence-corrected chi connectivity index (χ3v) is 4.40. The van der Waals surface area contributed by atoms with Gasteiger partial charge in [0.05, 0.1) is 30.7 Å². The summed E-state index contributed by atoms with van der Waals surface area (Å²) in [5.41, 5.74) is 19.1. The van der Waals surface area contributed by atoms with Crippen LogP contribution >= 0.6 is 0 Å². The van der Waals surface area contributed by atoms with E-state index in [-0.39, 0.29) is 11.9 Å². The Balaban J connectivity index is 2.15. The van der Waals surface area contributed by atoms with Crippen molar-refractivity contribution in [2.24, 2.45) is 16.5 Å². The molecule has 6 N–H and O–H groups in total. The third-order valence-electron chi connectivity index (χ3n) is 4.40. The van der Waals surface area contributed by atoms with E-state index in [4.69, 9.17) is 26.7 Å². The maximum atomic E-state index is 13.0. The van der Waals surface area contributed by atoms with Gasteiger partial charge in [-0.2, -0.15) is 0 Å². The van der Waals surface area contributed by atoms with Gasteiger partial charge in [0, 0.05) is 13.6 Å². The van der Waals surface area contributed by atoms with Gasteiger partial charge in [-0.1, -0.05) is 12.1 Å². The highest BCUT2D eigenvalue weighted by Gasteiger charge is 2.21. The number of para-hydroxylation sites is 1. The Morgan fingerprint density at radius 1 is 1.14 bits per heavy atom. The van der Waals surface area contributed by atoms with Gasteiger partial charge in [0.1, 0.15) is 11.5 Å². The van der Waals surface area contributed by atoms with E-state index in [0.29, 0.717) is 41.6 Å². The Morgan fingerprint density at radius 2 is 1.90 bits per heavy atom. The monoisotopic (exact) mass is 399 g/mol. The Labute approximate surface area is 171 Å². The number of anilines is 2. The number of aryl methyl sites for hydroxylation is 1. The van der Waals surface area contributed by atoms with Crippen molar-refractivity contribution in [3.8, 4) is 11.5 Å². The van der Waals surface area contributed by atoms with E-state index in [9.17, 15) is 4.79 Å². The topological polar surface area (TPSA) is 129 Å². The van der Waals surface area contributed by atoms with Crippen LogP contribution in [0.15, 0.2) is 41.4 Å². The summed E-state index contributed by atoms with van der Waals surface area (Å²) in [6.45, 7) is 3.01. The average molecular weight is 399 g/mol. The second kappa shape index (κ2) is 10.2. The molecule has 29 heavy (non-hydrogen) atoms. The quantitative estimate of drug-likeness (QED) is 0.257. The molecule has 2 aromatic rings. The highest BCUT2D eigenvalue weighted by Crippen LogP contribution is 2.32. The maximum absolute atomic E-state index is 13.0. The minimum atomic E-state index is -0.247. The van der Waals surface area contributed by atoms with Crippen molar-refractivity contribution in [3.63, 3.8) is 0 Å². The van der Waals surface area contributed by atoms with Gasteiger partial charge in [0.15, 0.2) is 5.96 Å². The van der Waals surface area contributed by atoms with Crippen molar-refractivity contribution in [3.05, 3.63) is 47.5 Å². The summed E-state index contributed by atoms with van der Waals surface area (Å²) < 4.78 is 11.2. The first-order chi connectivity index (χ1) is 13.8. The molecule has 0 bridgehead atoms. The van der Waals surface area contributed by atoms with E-state index < -0.39 is 0 Å². The summed E-state index contributed by atoms with van der Waals surface area (Å²) in [7, 11) is 3.21. The molecule has 0 unspecified atom stereocenters. The number of methoxy groups -OCH3 is 1. The number of rotatable bonds is 9. The van der Waals surface area contributed by atoms with E-state index >= 15 is 0 Å². The van der Waals surface area contributed by atoms with Crippen LogP contribution in [0.3, 0.4) is 0 Å². The maximum Gasteiger partial charge on any atom is 0.260 e. The van der Waals surface area contributed by atoms with E-state index in [1.807, 2.05) is 25.1 Å². The van der Waals surface area contributed by atoms with Crippen LogP contribution in [-0.4, -0.2) is 39.2 Å². The van der Waals surface area contributed by atoms with E-state index in [0.717, 1.165) is 18.4 Å². The van der Waals surface area contributed by atoms with Gasteiger partial charge < -0.3 is 31.6 Å². The fourth-order valence-corrected chi connectivity index (χ4v) is 2.82. The first kappa shape index (κ1) is 21.9. The number of carbonyl (C=O) groups is 1. The molecule has 0 aliphatic heterocycles. The molecule has 0 spiro atoms. The van der Waals surface area contributed by atoms with Crippen LogP contribution in [0.25, 0.3) is 0 Å². The highest BCUT2D eigenvalue weighted by atomic mass is 16.5. The lowest BCUT2D eigenvalue weighted by Crippen LogP contribution is -2.27. The third kappa shape index (κ3) is 5.78. The number of nitrogen functional groups attached to an aromatic ring is 1. The number of nitrogens with two attached hydrogens (primary N) is 3. The zero-order chi connectivity index (χ0) is 21.4. The van der Waals surface area contributed by atoms with Crippen molar-refractivity contribution in [2.45, 2.75) is 19.8 Å². The molecule has 0 aliphatic carbocycles. The molecule has 0 atom stereocenters. The minimum Gasteiger partial charge on any atom is -0.495 e. The number of benzene rings is 2. The van der Waals surface area contributed by atoms with Crippen molar-refractivity contribution < 1.29 is 14.3 Å². The number of unbranched alkanes of at least 4 members (excludes halogenated alkanes) is 1. The SMILES string of the molecule is COc1cccc(C(=O)N(C)c2ccc(C)cc2OCCCCN=C(N)N)c1N. The first-order valence-electron chi connectivity index (χ1n) is 9.34. The lowest BCUT2D eigenvalue weighted by Gasteiger charge is -2.22. The fraction of sp³-hybridized carbons (Fsp3) is 0.333. The first-order valence-corrected chi connectivity index (χ1v) is 9.34. The van der Waals surface area contributed by atoms with Crippen molar-refractivity contribution >= 4 is 23.2 Å². The molecule has 0 radical (unpaired) electrons. The Kier molecular flexibility index (Phi) is 7.70. The molecular formula is C21H29N5O3. The lowest BCUT2D eigenvalue weighted by atomic mass is 10.1. The van der Waals surface area contributed by atoms with Gasteiger partial charge in [-0.05, 0) is 49.6 Å². The van der Waals surface area contributed by atoms with E-state index in [2.05, 4.69) is 4.99 Å². The van der Waals surface area contributed by atoms with Crippen LogP contribution < -0.4 is 31.6 Å². The smallest absolute Gasteiger partial charge is 0.260 e. The molecule has 1 amide bonds. The molecule has 0 heterocycles. The number of carbonyl (C=O) groups excluding carboxylic acids is 1. The van der Waals surface area contributed by atoms with Gasteiger partial charge in [-0.15, -0.1) is 0 Å². The minimum absolute atomic E-state index is 0.0869. The van der Waals surface area contributed by atoms with Crippen LogP contribution in [0.2, 0.25) is 0 Å². The summed E-state index contributed by atoms with van der Waals surface area (Å²) in [4.78, 5) is 18.5. The number of ether oxygens (including phenoxy) is 2.